The van der Waals surface area contributed by atoms with Crippen LogP contribution in [0, 0.1) is 13.8 Å². The number of hydrogen-bond acceptors (Lipinski definition) is 10. The zero-order chi connectivity index (χ0) is 56.1. The number of methoxy groups -OCH3 is 2. The third-order valence-corrected chi connectivity index (χ3v) is 13.0. The topological polar surface area (TPSA) is 139 Å². The first kappa shape index (κ1) is 54.2. The van der Waals surface area contributed by atoms with E-state index < -0.39 is 0 Å². The molecule has 0 N–H and O–H groups in total. The molecule has 0 aromatic heterocycles. The van der Waals surface area contributed by atoms with E-state index in [4.69, 9.17) is 18.9 Å². The van der Waals surface area contributed by atoms with Gasteiger partial charge in [0, 0.05) is 66.8 Å². The Morgan fingerprint density at radius 3 is 0.725 bits per heavy atom. The van der Waals surface area contributed by atoms with Gasteiger partial charge in [-0.25, -0.2) is 0 Å². The van der Waals surface area contributed by atoms with Gasteiger partial charge in [-0.2, -0.15) is 0 Å². The molecule has 10 nitrogen and oxygen atoms in total. The summed E-state index contributed by atoms with van der Waals surface area (Å²) in [7, 11) is 3.12. The molecule has 0 aliphatic heterocycles. The quantitative estimate of drug-likeness (QED) is 0.0763. The molecule has 10 rings (SSSR count). The van der Waals surface area contributed by atoms with Gasteiger partial charge in [0.25, 0.3) is 0 Å². The number of ketones is 6. The largest absolute Gasteiger partial charge is 0.497 e. The molecule has 10 heteroatoms. The Labute approximate surface area is 463 Å². The van der Waals surface area contributed by atoms with Gasteiger partial charge in [0.2, 0.25) is 0 Å². The zero-order valence-corrected chi connectivity index (χ0v) is 44.2. The normalized spacial score (nSPS) is 10.6. The minimum Gasteiger partial charge on any atom is -0.497 e. The highest BCUT2D eigenvalue weighted by Gasteiger charge is 2.17. The van der Waals surface area contributed by atoms with Crippen molar-refractivity contribution >= 4 is 34.7 Å². The van der Waals surface area contributed by atoms with Gasteiger partial charge in [-0.15, -0.1) is 0 Å². The molecule has 0 unspecified atom stereocenters. The predicted molar refractivity (Wildman–Crippen MR) is 308 cm³/mol. The molecule has 10 aromatic carbocycles. The van der Waals surface area contributed by atoms with Crippen molar-refractivity contribution in [2.45, 2.75) is 13.8 Å². The first-order valence-electron chi connectivity index (χ1n) is 25.5. The molecule has 0 spiro atoms. The number of carbonyl (C=O) groups excluding carboxylic acids is 6. The molecule has 0 fully saturated rings. The lowest BCUT2D eigenvalue weighted by molar-refractivity contribution is 0.102. The highest BCUT2D eigenvalue weighted by atomic mass is 16.5. The summed E-state index contributed by atoms with van der Waals surface area (Å²) in [6.45, 7) is 3.96. The van der Waals surface area contributed by atoms with Gasteiger partial charge in [-0.3, -0.25) is 28.8 Å². The molecular weight excluding hydrogens is 1000 g/mol. The maximum absolute atomic E-state index is 13.2. The van der Waals surface area contributed by atoms with Crippen LogP contribution < -0.4 is 18.9 Å². The van der Waals surface area contributed by atoms with Crippen molar-refractivity contribution in [2.24, 2.45) is 0 Å². The number of ether oxygens (including phenoxy) is 4. The van der Waals surface area contributed by atoms with Crippen molar-refractivity contribution in [2.75, 3.05) is 14.2 Å². The molecule has 10 aromatic rings. The van der Waals surface area contributed by atoms with Crippen LogP contribution in [0.15, 0.2) is 243 Å². The van der Waals surface area contributed by atoms with Crippen molar-refractivity contribution in [3.05, 3.63) is 321 Å². The van der Waals surface area contributed by atoms with E-state index in [2.05, 4.69) is 0 Å². The predicted octanol–water partition coefficient (Wildman–Crippen LogP) is 15.0. The third-order valence-electron chi connectivity index (χ3n) is 13.0. The summed E-state index contributed by atoms with van der Waals surface area (Å²) in [5.74, 6) is 2.76. The van der Waals surface area contributed by atoms with E-state index >= 15 is 0 Å². The fourth-order valence-electron chi connectivity index (χ4n) is 8.46. The number of benzene rings is 10. The number of aryl methyl sites for hydroxylation is 2. The summed E-state index contributed by atoms with van der Waals surface area (Å²) < 4.78 is 22.2. The van der Waals surface area contributed by atoms with E-state index in [-0.39, 0.29) is 34.7 Å². The first-order valence-corrected chi connectivity index (χ1v) is 25.5. The maximum Gasteiger partial charge on any atom is 0.193 e. The second kappa shape index (κ2) is 25.1. The van der Waals surface area contributed by atoms with Crippen LogP contribution >= 0.6 is 0 Å². The van der Waals surface area contributed by atoms with Crippen molar-refractivity contribution in [3.8, 4) is 34.5 Å². The third kappa shape index (κ3) is 13.3. The molecule has 80 heavy (non-hydrogen) atoms. The fraction of sp³-hybridized carbons (Fsp3) is 0.0571. The van der Waals surface area contributed by atoms with Crippen LogP contribution in [0.2, 0.25) is 0 Å². The Balaban J connectivity index is 0.000000194. The zero-order valence-electron chi connectivity index (χ0n) is 44.2. The number of rotatable bonds is 18. The SMILES string of the molecule is COc1ccc(C(=O)c2ccc(C(=O)c3ccc(Oc4ccc(C(=O)c5ccc(C)cc5)cc4)cc3)cc2)cc1.COc1cccc(C(=O)c2cccc(C(=O)c3ccc(Oc4ccc(C(=O)c5ccc(C)cc5)cc4)cc3)c2)c1. The molecule has 0 amide bonds. The molecule has 0 bridgehead atoms. The average molecular weight is 1050 g/mol. The summed E-state index contributed by atoms with van der Waals surface area (Å²) in [6, 6.07) is 69.6. The second-order valence-electron chi connectivity index (χ2n) is 18.6. The molecule has 0 radical (unpaired) electrons. The average Bonchev–Trinajstić information content (AvgIpc) is 3.51. The Kier molecular flexibility index (Phi) is 17.0. The summed E-state index contributed by atoms with van der Waals surface area (Å²) in [5.41, 5.74) is 8.43. The number of carbonyl (C=O) groups is 6. The lowest BCUT2D eigenvalue weighted by Crippen LogP contribution is -2.06. The van der Waals surface area contributed by atoms with E-state index in [0.717, 1.165) is 11.1 Å². The molecule has 0 atom stereocenters. The summed E-state index contributed by atoms with van der Waals surface area (Å²) in [4.78, 5) is 77.3. The first-order chi connectivity index (χ1) is 38.8. The van der Waals surface area contributed by atoms with Crippen LogP contribution in [0.5, 0.6) is 34.5 Å². The van der Waals surface area contributed by atoms with Gasteiger partial charge in [0.1, 0.15) is 34.5 Å². The smallest absolute Gasteiger partial charge is 0.193 e. The minimum absolute atomic E-state index is 0.0486. The second-order valence-corrected chi connectivity index (χ2v) is 18.6. The molecule has 0 aliphatic rings. The van der Waals surface area contributed by atoms with Gasteiger partial charge in [-0.05, 0) is 153 Å². The molecule has 0 saturated heterocycles. The van der Waals surface area contributed by atoms with Gasteiger partial charge in [0.05, 0.1) is 14.2 Å². The summed E-state index contributed by atoms with van der Waals surface area (Å²) in [6.07, 6.45) is 0. The van der Waals surface area contributed by atoms with Crippen molar-refractivity contribution in [1.29, 1.82) is 0 Å². The van der Waals surface area contributed by atoms with Gasteiger partial charge >= 0.3 is 0 Å². The van der Waals surface area contributed by atoms with Crippen molar-refractivity contribution in [1.82, 2.24) is 0 Å². The van der Waals surface area contributed by atoms with E-state index in [1.807, 2.05) is 62.4 Å². The highest BCUT2D eigenvalue weighted by molar-refractivity contribution is 6.14. The van der Waals surface area contributed by atoms with Gasteiger partial charge in [0.15, 0.2) is 34.7 Å². The Morgan fingerprint density at radius 1 is 0.225 bits per heavy atom. The molecular formula is C70H52O10. The lowest BCUT2D eigenvalue weighted by atomic mass is 9.97. The van der Waals surface area contributed by atoms with E-state index in [1.54, 1.807) is 208 Å². The summed E-state index contributed by atoms with van der Waals surface area (Å²) >= 11 is 0. The van der Waals surface area contributed by atoms with Crippen LogP contribution in [0.25, 0.3) is 0 Å². The minimum atomic E-state index is -0.203. The molecule has 0 aliphatic carbocycles. The maximum atomic E-state index is 13.2. The van der Waals surface area contributed by atoms with Gasteiger partial charge in [-0.1, -0.05) is 114 Å². The summed E-state index contributed by atoms with van der Waals surface area (Å²) in [5, 5.41) is 0. The van der Waals surface area contributed by atoms with Crippen LogP contribution in [0.3, 0.4) is 0 Å². The Bertz CT molecular complexity index is 3840. The van der Waals surface area contributed by atoms with E-state index in [9.17, 15) is 28.8 Å². The fourth-order valence-corrected chi connectivity index (χ4v) is 8.46. The molecule has 0 saturated carbocycles. The van der Waals surface area contributed by atoms with Gasteiger partial charge < -0.3 is 18.9 Å². The monoisotopic (exact) mass is 1050 g/mol. The molecule has 0 heterocycles. The van der Waals surface area contributed by atoms with Crippen molar-refractivity contribution < 1.29 is 47.7 Å². The van der Waals surface area contributed by atoms with Crippen LogP contribution in [-0.4, -0.2) is 48.9 Å². The Hall–Kier alpha value is -10.6. The Morgan fingerprint density at radius 2 is 0.438 bits per heavy atom. The van der Waals surface area contributed by atoms with Crippen LogP contribution in [0.1, 0.15) is 107 Å². The van der Waals surface area contributed by atoms with Crippen LogP contribution in [0.4, 0.5) is 0 Å². The lowest BCUT2D eigenvalue weighted by Gasteiger charge is -2.09. The standard InChI is InChI=1S/2C35H26O5/c1-23-3-5-24(6-4-23)33(36)28-13-19-31(20-14-28)40-32-21-15-29(16-22-32)35(38)26-9-7-25(8-10-26)34(37)27-11-17-30(39-2)18-12-27;1-23-9-11-24(12-10-23)33(36)25-13-17-30(18-14-25)40-31-19-15-26(16-20-31)34(37)27-5-3-6-28(21-27)35(38)29-7-4-8-32(22-29)39-2/h2*3-22H,1-2H3. The van der Waals surface area contributed by atoms with Crippen LogP contribution in [-0.2, 0) is 0 Å². The molecule has 392 valence electrons. The number of hydrogen-bond donors (Lipinski definition) is 0. The highest BCUT2D eigenvalue weighted by Crippen LogP contribution is 2.27. The van der Waals surface area contributed by atoms with E-state index in [0.29, 0.717) is 101 Å². The van der Waals surface area contributed by atoms with E-state index in [1.165, 1.54) is 0 Å². The van der Waals surface area contributed by atoms with Crippen molar-refractivity contribution in [3.63, 3.8) is 0 Å².